The number of rotatable bonds is 6. The number of esters is 1. The molecule has 28 heavy (non-hydrogen) atoms. The van der Waals surface area contributed by atoms with Gasteiger partial charge in [0, 0.05) is 17.3 Å². The number of hydrogen-bond donors (Lipinski definition) is 1. The molecule has 144 valence electrons. The third kappa shape index (κ3) is 3.79. The van der Waals surface area contributed by atoms with Gasteiger partial charge in [-0.05, 0) is 36.8 Å². The van der Waals surface area contributed by atoms with Crippen LogP contribution in [0.2, 0.25) is 0 Å². The summed E-state index contributed by atoms with van der Waals surface area (Å²) < 4.78 is 10.9. The van der Waals surface area contributed by atoms with E-state index in [1.807, 2.05) is 18.2 Å². The molecule has 4 atom stereocenters. The molecular formula is C23H23NO4. The molecule has 4 rings (SSSR count). The van der Waals surface area contributed by atoms with Crippen LogP contribution in [0.5, 0.6) is 5.75 Å². The van der Waals surface area contributed by atoms with E-state index in [0.29, 0.717) is 22.9 Å². The molecule has 1 fully saturated rings. The highest BCUT2D eigenvalue weighted by atomic mass is 16.5. The van der Waals surface area contributed by atoms with Gasteiger partial charge in [0.1, 0.15) is 5.75 Å². The van der Waals surface area contributed by atoms with E-state index in [1.54, 1.807) is 43.5 Å². The Labute approximate surface area is 164 Å². The van der Waals surface area contributed by atoms with Crippen molar-refractivity contribution < 1.29 is 19.1 Å². The van der Waals surface area contributed by atoms with E-state index in [1.165, 1.54) is 0 Å². The Morgan fingerprint density at radius 3 is 2.54 bits per heavy atom. The largest absolute Gasteiger partial charge is 0.497 e. The van der Waals surface area contributed by atoms with Crippen molar-refractivity contribution in [1.82, 2.24) is 0 Å². The minimum atomic E-state index is -0.997. The Hall–Kier alpha value is -3.08. The first-order valence-corrected chi connectivity index (χ1v) is 9.52. The van der Waals surface area contributed by atoms with E-state index in [2.05, 4.69) is 17.5 Å². The van der Waals surface area contributed by atoms with Gasteiger partial charge in [0.25, 0.3) is 5.91 Å². The molecule has 0 saturated heterocycles. The van der Waals surface area contributed by atoms with Crippen LogP contribution in [-0.2, 0) is 14.3 Å². The lowest BCUT2D eigenvalue weighted by Crippen LogP contribution is -2.30. The fourth-order valence-electron chi connectivity index (χ4n) is 4.06. The zero-order valence-electron chi connectivity index (χ0n) is 15.7. The van der Waals surface area contributed by atoms with Crippen molar-refractivity contribution in [2.45, 2.75) is 18.9 Å². The number of carbonyl (C=O) groups excluding carboxylic acids is 2. The van der Waals surface area contributed by atoms with Crippen LogP contribution in [0.25, 0.3) is 0 Å². The van der Waals surface area contributed by atoms with Gasteiger partial charge >= 0.3 is 5.97 Å². The Balaban J connectivity index is 1.52. The summed E-state index contributed by atoms with van der Waals surface area (Å²) in [6.45, 7) is 0. The van der Waals surface area contributed by atoms with Crippen LogP contribution in [0.3, 0.4) is 0 Å². The highest BCUT2D eigenvalue weighted by Gasteiger charge is 2.42. The van der Waals surface area contributed by atoms with Gasteiger partial charge < -0.3 is 14.8 Å². The number of nitrogens with one attached hydrogen (secondary N) is 1. The maximum Gasteiger partial charge on any atom is 0.310 e. The summed E-state index contributed by atoms with van der Waals surface area (Å²) in [6.07, 6.45) is 5.10. The van der Waals surface area contributed by atoms with Crippen molar-refractivity contribution in [1.29, 1.82) is 0 Å². The summed E-state index contributed by atoms with van der Waals surface area (Å²) in [5.74, 6) is 0.488. The minimum Gasteiger partial charge on any atom is -0.497 e. The Morgan fingerprint density at radius 1 is 1.04 bits per heavy atom. The van der Waals surface area contributed by atoms with Crippen LogP contribution in [0.1, 0.15) is 24.5 Å². The van der Waals surface area contributed by atoms with Crippen molar-refractivity contribution in [3.8, 4) is 5.75 Å². The van der Waals surface area contributed by atoms with Crippen LogP contribution < -0.4 is 10.1 Å². The first-order valence-electron chi connectivity index (χ1n) is 9.52. The molecular weight excluding hydrogens is 354 g/mol. The summed E-state index contributed by atoms with van der Waals surface area (Å²) in [5.41, 5.74) is 1.24. The van der Waals surface area contributed by atoms with E-state index in [0.717, 1.165) is 12.8 Å². The predicted octanol–water partition coefficient (Wildman–Crippen LogP) is 4.13. The van der Waals surface area contributed by atoms with Crippen LogP contribution in [-0.4, -0.2) is 19.0 Å². The van der Waals surface area contributed by atoms with Crippen molar-refractivity contribution >= 4 is 17.6 Å². The number of fused-ring (bicyclic) bond motifs is 2. The van der Waals surface area contributed by atoms with Gasteiger partial charge in [-0.1, -0.05) is 48.6 Å². The smallest absolute Gasteiger partial charge is 0.310 e. The Kier molecular flexibility index (Phi) is 5.15. The van der Waals surface area contributed by atoms with Gasteiger partial charge in [0.2, 0.25) is 6.10 Å². The maximum absolute atomic E-state index is 13.0. The molecule has 2 aromatic carbocycles. The van der Waals surface area contributed by atoms with Crippen molar-refractivity contribution in [3.63, 3.8) is 0 Å². The standard InChI is InChI=1S/C23H23NO4/c1-27-19-9-5-8-18(14-19)24-22(25)21(16-6-3-2-4-7-16)28-23(26)20-13-15-10-11-17(20)12-15/h2-11,14-15,17,20-21H,12-13H2,1H3,(H,24,25)/t15-,17-,20-,21-/m0/s1. The Morgan fingerprint density at radius 2 is 1.86 bits per heavy atom. The van der Waals surface area contributed by atoms with E-state index >= 15 is 0 Å². The predicted molar refractivity (Wildman–Crippen MR) is 106 cm³/mol. The van der Waals surface area contributed by atoms with E-state index in [9.17, 15) is 9.59 Å². The van der Waals surface area contributed by atoms with Crippen LogP contribution >= 0.6 is 0 Å². The third-order valence-corrected chi connectivity index (χ3v) is 5.49. The quantitative estimate of drug-likeness (QED) is 0.607. The highest BCUT2D eigenvalue weighted by molar-refractivity contribution is 5.96. The molecule has 2 aromatic rings. The molecule has 0 aromatic heterocycles. The maximum atomic E-state index is 13.0. The zero-order chi connectivity index (χ0) is 19.5. The number of allylic oxidation sites excluding steroid dienone is 2. The summed E-state index contributed by atoms with van der Waals surface area (Å²) in [7, 11) is 1.57. The van der Waals surface area contributed by atoms with Crippen LogP contribution in [0.4, 0.5) is 5.69 Å². The van der Waals surface area contributed by atoms with E-state index < -0.39 is 6.10 Å². The third-order valence-electron chi connectivity index (χ3n) is 5.49. The molecule has 0 radical (unpaired) electrons. The lowest BCUT2D eigenvalue weighted by atomic mass is 9.93. The second-order valence-corrected chi connectivity index (χ2v) is 7.34. The summed E-state index contributed by atoms with van der Waals surface area (Å²) in [6, 6.07) is 16.2. The average molecular weight is 377 g/mol. The molecule has 2 aliphatic rings. The number of amides is 1. The molecule has 5 heteroatoms. The van der Waals surface area contributed by atoms with Gasteiger partial charge in [-0.2, -0.15) is 0 Å². The molecule has 1 N–H and O–H groups in total. The number of carbonyl (C=O) groups is 2. The Bertz CT molecular complexity index is 892. The fraction of sp³-hybridized carbons (Fsp3) is 0.304. The second kappa shape index (κ2) is 7.89. The first-order chi connectivity index (χ1) is 13.6. The second-order valence-electron chi connectivity index (χ2n) is 7.34. The number of methoxy groups -OCH3 is 1. The number of hydrogen-bond acceptors (Lipinski definition) is 4. The first kappa shape index (κ1) is 18.3. The number of anilines is 1. The molecule has 0 unspecified atom stereocenters. The lowest BCUT2D eigenvalue weighted by Gasteiger charge is -2.22. The van der Waals surface area contributed by atoms with E-state index in [-0.39, 0.29) is 23.7 Å². The fourth-order valence-corrected chi connectivity index (χ4v) is 4.06. The molecule has 5 nitrogen and oxygen atoms in total. The van der Waals surface area contributed by atoms with Crippen molar-refractivity contribution in [2.75, 3.05) is 12.4 Å². The summed E-state index contributed by atoms with van der Waals surface area (Å²) in [5, 5.41) is 2.83. The average Bonchev–Trinajstić information content (AvgIpc) is 3.36. The van der Waals surface area contributed by atoms with Gasteiger partial charge in [0.05, 0.1) is 13.0 Å². The van der Waals surface area contributed by atoms with Gasteiger partial charge in [-0.25, -0.2) is 0 Å². The summed E-state index contributed by atoms with van der Waals surface area (Å²) >= 11 is 0. The molecule has 2 bridgehead atoms. The topological polar surface area (TPSA) is 64.6 Å². The molecule has 1 saturated carbocycles. The molecule has 2 aliphatic carbocycles. The SMILES string of the molecule is COc1cccc(NC(=O)[C@@H](OC(=O)[C@H]2C[C@H]3C=C[C@H]2C3)c2ccccc2)c1. The number of ether oxygens (including phenoxy) is 2. The summed E-state index contributed by atoms with van der Waals surface area (Å²) in [4.78, 5) is 25.8. The zero-order valence-corrected chi connectivity index (χ0v) is 15.7. The normalized spacial score (nSPS) is 23.2. The molecule has 1 amide bonds. The number of benzene rings is 2. The molecule has 0 aliphatic heterocycles. The minimum absolute atomic E-state index is 0.161. The van der Waals surface area contributed by atoms with Crippen LogP contribution in [0.15, 0.2) is 66.7 Å². The molecule has 0 spiro atoms. The van der Waals surface area contributed by atoms with Crippen LogP contribution in [0, 0.1) is 17.8 Å². The monoisotopic (exact) mass is 377 g/mol. The van der Waals surface area contributed by atoms with Gasteiger partial charge in [0.15, 0.2) is 0 Å². The molecule has 0 heterocycles. The van der Waals surface area contributed by atoms with Crippen molar-refractivity contribution in [2.24, 2.45) is 17.8 Å². The highest BCUT2D eigenvalue weighted by Crippen LogP contribution is 2.44. The van der Waals surface area contributed by atoms with Gasteiger partial charge in [-0.3, -0.25) is 9.59 Å². The van der Waals surface area contributed by atoms with E-state index in [4.69, 9.17) is 9.47 Å². The lowest BCUT2D eigenvalue weighted by molar-refractivity contribution is -0.159. The van der Waals surface area contributed by atoms with Crippen molar-refractivity contribution in [3.05, 3.63) is 72.3 Å². The van der Waals surface area contributed by atoms with Gasteiger partial charge in [-0.15, -0.1) is 0 Å².